The van der Waals surface area contributed by atoms with Crippen LogP contribution in [0.3, 0.4) is 0 Å². The van der Waals surface area contributed by atoms with E-state index in [-0.39, 0.29) is 5.76 Å². The quantitative estimate of drug-likeness (QED) is 0.826. The van der Waals surface area contributed by atoms with Crippen molar-refractivity contribution >= 4 is 22.4 Å². The molecular formula is C13H17N3O3S. The van der Waals surface area contributed by atoms with Crippen molar-refractivity contribution in [1.29, 1.82) is 0 Å². The van der Waals surface area contributed by atoms with Crippen LogP contribution in [0.15, 0.2) is 16.7 Å². The number of nitrogens with zero attached hydrogens (tertiary/aromatic N) is 2. The number of hydrogen-bond donors (Lipinski definition) is 1. The summed E-state index contributed by atoms with van der Waals surface area (Å²) < 4.78 is 9.77. The number of aromatic nitrogens is 2. The molecule has 7 heteroatoms. The van der Waals surface area contributed by atoms with Crippen LogP contribution in [0.2, 0.25) is 0 Å². The van der Waals surface area contributed by atoms with Crippen LogP contribution >= 0.6 is 11.3 Å². The van der Waals surface area contributed by atoms with Gasteiger partial charge in [0.1, 0.15) is 5.01 Å². The molecule has 108 valence electrons. The van der Waals surface area contributed by atoms with Gasteiger partial charge in [-0.1, -0.05) is 25.2 Å². The Hall–Kier alpha value is -1.89. The number of nitrogens with one attached hydrogen (secondary N) is 1. The third kappa shape index (κ3) is 3.57. The zero-order valence-electron chi connectivity index (χ0n) is 11.7. The van der Waals surface area contributed by atoms with Crippen molar-refractivity contribution in [2.75, 3.05) is 12.4 Å². The predicted molar refractivity (Wildman–Crippen MR) is 75.8 cm³/mol. The molecular weight excluding hydrogens is 278 g/mol. The molecule has 0 aliphatic rings. The maximum atomic E-state index is 11.5. The summed E-state index contributed by atoms with van der Waals surface area (Å²) in [6, 6.07) is 1.73. The smallest absolute Gasteiger partial charge is 0.374 e. The highest BCUT2D eigenvalue weighted by Gasteiger charge is 2.16. The van der Waals surface area contributed by atoms with E-state index in [9.17, 15) is 4.79 Å². The summed E-state index contributed by atoms with van der Waals surface area (Å²) in [5, 5.41) is 13.1. The fourth-order valence-electron chi connectivity index (χ4n) is 1.67. The van der Waals surface area contributed by atoms with Crippen LogP contribution in [-0.2, 0) is 17.7 Å². The van der Waals surface area contributed by atoms with Crippen LogP contribution < -0.4 is 5.32 Å². The average Bonchev–Trinajstić information content (AvgIpc) is 3.03. The molecule has 0 fully saturated rings. The van der Waals surface area contributed by atoms with Gasteiger partial charge in [-0.25, -0.2) is 4.79 Å². The van der Waals surface area contributed by atoms with Gasteiger partial charge >= 0.3 is 5.97 Å². The van der Waals surface area contributed by atoms with E-state index < -0.39 is 5.97 Å². The van der Waals surface area contributed by atoms with Gasteiger partial charge in [0, 0.05) is 18.5 Å². The van der Waals surface area contributed by atoms with Crippen LogP contribution in [0.5, 0.6) is 0 Å². The minimum atomic E-state index is -0.482. The average molecular weight is 295 g/mol. The molecule has 0 saturated carbocycles. The first-order chi connectivity index (χ1) is 9.60. The van der Waals surface area contributed by atoms with E-state index in [1.165, 1.54) is 24.7 Å². The Balaban J connectivity index is 1.97. The second-order valence-corrected chi connectivity index (χ2v) is 5.78. The fraction of sp³-hybridized carbons (Fsp3) is 0.462. The third-order valence-electron chi connectivity index (χ3n) is 2.60. The molecule has 2 aromatic heterocycles. The zero-order valence-corrected chi connectivity index (χ0v) is 12.5. The Labute approximate surface area is 121 Å². The number of rotatable bonds is 6. The third-order valence-corrected chi connectivity index (χ3v) is 3.50. The molecule has 0 bridgehead atoms. The summed E-state index contributed by atoms with van der Waals surface area (Å²) in [4.78, 5) is 11.5. The molecule has 0 radical (unpaired) electrons. The SMILES string of the molecule is COC(=O)c1occc1CNc1nnc(CC(C)C)s1. The molecule has 0 saturated heterocycles. The lowest BCUT2D eigenvalue weighted by atomic mass is 10.1. The lowest BCUT2D eigenvalue weighted by Gasteiger charge is -2.02. The topological polar surface area (TPSA) is 77.2 Å². The summed E-state index contributed by atoms with van der Waals surface area (Å²) in [5.74, 6) is 0.284. The second kappa shape index (κ2) is 6.51. The van der Waals surface area contributed by atoms with Crippen molar-refractivity contribution in [3.8, 4) is 0 Å². The first-order valence-corrected chi connectivity index (χ1v) is 7.12. The number of carbonyl (C=O) groups is 1. The van der Waals surface area contributed by atoms with Gasteiger partial charge in [-0.3, -0.25) is 0 Å². The van der Waals surface area contributed by atoms with Gasteiger partial charge in [0.25, 0.3) is 0 Å². The normalized spacial score (nSPS) is 10.8. The molecule has 20 heavy (non-hydrogen) atoms. The number of hydrogen-bond acceptors (Lipinski definition) is 7. The van der Waals surface area contributed by atoms with Crippen LogP contribution in [-0.4, -0.2) is 23.3 Å². The van der Waals surface area contributed by atoms with Crippen molar-refractivity contribution in [3.05, 3.63) is 28.7 Å². The summed E-state index contributed by atoms with van der Waals surface area (Å²) in [6.07, 6.45) is 2.38. The van der Waals surface area contributed by atoms with Gasteiger partial charge in [0.15, 0.2) is 0 Å². The Kier molecular flexibility index (Phi) is 4.73. The fourth-order valence-corrected chi connectivity index (χ4v) is 2.62. The molecule has 2 heterocycles. The molecule has 0 aliphatic heterocycles. The number of anilines is 1. The van der Waals surface area contributed by atoms with E-state index in [2.05, 4.69) is 34.1 Å². The number of ether oxygens (including phenoxy) is 1. The van der Waals surface area contributed by atoms with Crippen molar-refractivity contribution < 1.29 is 13.9 Å². The molecule has 0 unspecified atom stereocenters. The summed E-state index contributed by atoms with van der Waals surface area (Å²) in [6.45, 7) is 4.72. The first-order valence-electron chi connectivity index (χ1n) is 6.31. The molecule has 2 aromatic rings. The van der Waals surface area contributed by atoms with Crippen LogP contribution in [0.4, 0.5) is 5.13 Å². The maximum Gasteiger partial charge on any atom is 0.374 e. The van der Waals surface area contributed by atoms with Crippen molar-refractivity contribution in [2.24, 2.45) is 5.92 Å². The van der Waals surface area contributed by atoms with E-state index >= 15 is 0 Å². The number of methoxy groups -OCH3 is 1. The number of esters is 1. The molecule has 0 aliphatic carbocycles. The summed E-state index contributed by atoms with van der Waals surface area (Å²) in [7, 11) is 1.32. The van der Waals surface area contributed by atoms with E-state index in [1.807, 2.05) is 0 Å². The predicted octanol–water partition coefficient (Wildman–Crippen LogP) is 2.73. The minimum absolute atomic E-state index is 0.215. The maximum absolute atomic E-state index is 11.5. The van der Waals surface area contributed by atoms with Crippen molar-refractivity contribution in [2.45, 2.75) is 26.8 Å². The Morgan fingerprint density at radius 2 is 2.30 bits per heavy atom. The summed E-state index contributed by atoms with van der Waals surface area (Å²) in [5.41, 5.74) is 0.734. The Morgan fingerprint density at radius 3 is 3.00 bits per heavy atom. The number of furan rings is 1. The van der Waals surface area contributed by atoms with E-state index in [4.69, 9.17) is 4.42 Å². The van der Waals surface area contributed by atoms with Gasteiger partial charge in [0.2, 0.25) is 10.9 Å². The van der Waals surface area contributed by atoms with Gasteiger partial charge in [-0.2, -0.15) is 0 Å². The van der Waals surface area contributed by atoms with Crippen LogP contribution in [0.1, 0.15) is 35.0 Å². The van der Waals surface area contributed by atoms with Gasteiger partial charge < -0.3 is 14.5 Å². The first kappa shape index (κ1) is 14.5. The highest BCUT2D eigenvalue weighted by molar-refractivity contribution is 7.15. The van der Waals surface area contributed by atoms with E-state index in [0.717, 1.165) is 22.1 Å². The van der Waals surface area contributed by atoms with Crippen LogP contribution in [0.25, 0.3) is 0 Å². The largest absolute Gasteiger partial charge is 0.463 e. The molecule has 0 spiro atoms. The van der Waals surface area contributed by atoms with Crippen LogP contribution in [0, 0.1) is 5.92 Å². The zero-order chi connectivity index (χ0) is 14.5. The highest BCUT2D eigenvalue weighted by Crippen LogP contribution is 2.20. The van der Waals surface area contributed by atoms with Gasteiger partial charge in [-0.05, 0) is 12.0 Å². The monoisotopic (exact) mass is 295 g/mol. The minimum Gasteiger partial charge on any atom is -0.463 e. The molecule has 1 N–H and O–H groups in total. The lowest BCUT2D eigenvalue weighted by Crippen LogP contribution is -2.06. The molecule has 2 rings (SSSR count). The second-order valence-electron chi connectivity index (χ2n) is 4.72. The lowest BCUT2D eigenvalue weighted by molar-refractivity contribution is 0.0563. The van der Waals surface area contributed by atoms with Crippen molar-refractivity contribution in [3.63, 3.8) is 0 Å². The van der Waals surface area contributed by atoms with Gasteiger partial charge in [0.05, 0.1) is 13.4 Å². The molecule has 0 amide bonds. The molecule has 6 nitrogen and oxygen atoms in total. The molecule has 0 aromatic carbocycles. The highest BCUT2D eigenvalue weighted by atomic mass is 32.1. The summed E-state index contributed by atoms with van der Waals surface area (Å²) >= 11 is 1.52. The van der Waals surface area contributed by atoms with E-state index in [0.29, 0.717) is 12.5 Å². The van der Waals surface area contributed by atoms with Crippen molar-refractivity contribution in [1.82, 2.24) is 10.2 Å². The van der Waals surface area contributed by atoms with Gasteiger partial charge in [-0.15, -0.1) is 10.2 Å². The van der Waals surface area contributed by atoms with E-state index in [1.54, 1.807) is 6.07 Å². The standard InChI is InChI=1S/C13H17N3O3S/c1-8(2)6-10-15-16-13(20-10)14-7-9-4-5-19-11(9)12(17)18-3/h4-5,8H,6-7H2,1-3H3,(H,14,16). The number of carbonyl (C=O) groups excluding carboxylic acids is 1. The molecule has 0 atom stereocenters. The Morgan fingerprint density at radius 1 is 1.50 bits per heavy atom. The Bertz CT molecular complexity index is 577.